The number of nitrogens with zero attached hydrogens (tertiary/aromatic N) is 1. The van der Waals surface area contributed by atoms with E-state index in [4.69, 9.17) is 0 Å². The predicted molar refractivity (Wildman–Crippen MR) is 64.4 cm³/mol. The van der Waals surface area contributed by atoms with Crippen LogP contribution in [0.5, 0.6) is 0 Å². The first kappa shape index (κ1) is 12.2. The Morgan fingerprint density at radius 2 is 1.88 bits per heavy atom. The summed E-state index contributed by atoms with van der Waals surface area (Å²) in [5.41, 5.74) is 0.640. The Labute approximate surface area is 94.7 Å². The molecule has 0 bridgehead atoms. The van der Waals surface area contributed by atoms with Crippen LogP contribution in [0.15, 0.2) is 43.5 Å². The second kappa shape index (κ2) is 5.85. The molecule has 0 fully saturated rings. The zero-order chi connectivity index (χ0) is 12.0. The van der Waals surface area contributed by atoms with Crippen LogP contribution in [0.25, 0.3) is 0 Å². The molecule has 0 aliphatic carbocycles. The van der Waals surface area contributed by atoms with Gasteiger partial charge in [0.25, 0.3) is 0 Å². The zero-order valence-electron chi connectivity index (χ0n) is 9.03. The third-order valence-corrected chi connectivity index (χ3v) is 2.19. The van der Waals surface area contributed by atoms with Gasteiger partial charge in [0.05, 0.1) is 11.3 Å². The molecule has 0 unspecified atom stereocenters. The molecule has 0 aliphatic heterocycles. The highest BCUT2D eigenvalue weighted by Gasteiger charge is 2.12. The van der Waals surface area contributed by atoms with Gasteiger partial charge in [-0.05, 0) is 12.1 Å². The second-order valence-corrected chi connectivity index (χ2v) is 3.27. The number of rotatable bonds is 6. The normalized spacial score (nSPS) is 9.56. The number of benzene rings is 1. The zero-order valence-corrected chi connectivity index (χ0v) is 9.03. The molecule has 0 aliphatic rings. The molecule has 0 N–H and O–H groups in total. The molecule has 0 amide bonds. The lowest BCUT2D eigenvalue weighted by atomic mass is 10.1. The van der Waals surface area contributed by atoms with Crippen molar-refractivity contribution in [2.45, 2.75) is 0 Å². The van der Waals surface area contributed by atoms with Crippen molar-refractivity contribution in [2.75, 3.05) is 18.0 Å². The Balaban J connectivity index is 3.16. The summed E-state index contributed by atoms with van der Waals surface area (Å²) < 4.78 is 13.4. The average molecular weight is 219 g/mol. The van der Waals surface area contributed by atoms with E-state index in [1.807, 2.05) is 4.90 Å². The van der Waals surface area contributed by atoms with Crippen LogP contribution in [0.2, 0.25) is 0 Å². The molecule has 16 heavy (non-hydrogen) atoms. The van der Waals surface area contributed by atoms with Gasteiger partial charge in [-0.2, -0.15) is 0 Å². The minimum absolute atomic E-state index is 0.0752. The predicted octanol–water partition coefficient (Wildman–Crippen LogP) is 2.82. The van der Waals surface area contributed by atoms with Gasteiger partial charge < -0.3 is 4.90 Å². The quantitative estimate of drug-likeness (QED) is 0.541. The van der Waals surface area contributed by atoms with Crippen LogP contribution in [-0.2, 0) is 0 Å². The van der Waals surface area contributed by atoms with Crippen molar-refractivity contribution in [3.8, 4) is 0 Å². The van der Waals surface area contributed by atoms with Crippen molar-refractivity contribution < 1.29 is 9.18 Å². The highest BCUT2D eigenvalue weighted by molar-refractivity contribution is 5.85. The van der Waals surface area contributed by atoms with Crippen LogP contribution in [0.3, 0.4) is 0 Å². The van der Waals surface area contributed by atoms with Crippen LogP contribution in [0.4, 0.5) is 10.1 Å². The van der Waals surface area contributed by atoms with Gasteiger partial charge in [0.15, 0.2) is 6.29 Å². The van der Waals surface area contributed by atoms with Crippen molar-refractivity contribution >= 4 is 12.0 Å². The Morgan fingerprint density at radius 1 is 1.25 bits per heavy atom. The van der Waals surface area contributed by atoms with Gasteiger partial charge in [-0.25, -0.2) is 4.39 Å². The van der Waals surface area contributed by atoms with Crippen LogP contribution < -0.4 is 4.90 Å². The van der Waals surface area contributed by atoms with Gasteiger partial charge >= 0.3 is 0 Å². The van der Waals surface area contributed by atoms with Crippen LogP contribution >= 0.6 is 0 Å². The van der Waals surface area contributed by atoms with Crippen LogP contribution in [0.1, 0.15) is 10.4 Å². The molecule has 0 atom stereocenters. The van der Waals surface area contributed by atoms with Gasteiger partial charge in [0.2, 0.25) is 0 Å². The molecule has 0 spiro atoms. The minimum Gasteiger partial charge on any atom is -0.363 e. The molecule has 1 rings (SSSR count). The molecule has 2 nitrogen and oxygen atoms in total. The third-order valence-electron chi connectivity index (χ3n) is 2.19. The molecule has 1 aromatic carbocycles. The number of aldehydes is 1. The van der Waals surface area contributed by atoms with E-state index in [1.165, 1.54) is 6.07 Å². The fourth-order valence-corrected chi connectivity index (χ4v) is 1.50. The Kier molecular flexibility index (Phi) is 4.45. The van der Waals surface area contributed by atoms with Crippen molar-refractivity contribution in [3.05, 3.63) is 54.9 Å². The standard InChI is InChI=1S/C13H14FNO/c1-3-8-15(9-4-2)13-7-5-6-12(14)11(13)10-16/h3-7,10H,1-2,8-9H2. The van der Waals surface area contributed by atoms with E-state index in [1.54, 1.807) is 24.3 Å². The summed E-state index contributed by atoms with van der Waals surface area (Å²) in [6, 6.07) is 4.56. The molecule has 0 heterocycles. The van der Waals surface area contributed by atoms with Gasteiger partial charge in [0, 0.05) is 13.1 Å². The maximum atomic E-state index is 13.4. The number of hydrogen-bond donors (Lipinski definition) is 0. The lowest BCUT2D eigenvalue weighted by Crippen LogP contribution is -2.24. The lowest BCUT2D eigenvalue weighted by Gasteiger charge is -2.23. The first-order chi connectivity index (χ1) is 7.74. The first-order valence-corrected chi connectivity index (χ1v) is 4.95. The Bertz CT molecular complexity index is 391. The molecule has 3 heteroatoms. The van der Waals surface area contributed by atoms with E-state index in [-0.39, 0.29) is 5.56 Å². The van der Waals surface area contributed by atoms with E-state index in [0.717, 1.165) is 0 Å². The Hall–Kier alpha value is -1.90. The summed E-state index contributed by atoms with van der Waals surface area (Å²) in [6.07, 6.45) is 3.93. The van der Waals surface area contributed by atoms with Crippen molar-refractivity contribution in [2.24, 2.45) is 0 Å². The summed E-state index contributed by atoms with van der Waals surface area (Å²) >= 11 is 0. The highest BCUT2D eigenvalue weighted by Crippen LogP contribution is 2.21. The summed E-state index contributed by atoms with van der Waals surface area (Å²) in [5.74, 6) is -0.509. The summed E-state index contributed by atoms with van der Waals surface area (Å²) in [7, 11) is 0. The summed E-state index contributed by atoms with van der Waals surface area (Å²) in [5, 5.41) is 0. The van der Waals surface area contributed by atoms with E-state index >= 15 is 0 Å². The maximum absolute atomic E-state index is 13.4. The van der Waals surface area contributed by atoms with E-state index in [9.17, 15) is 9.18 Å². The number of carbonyl (C=O) groups is 1. The number of anilines is 1. The number of halogens is 1. The van der Waals surface area contributed by atoms with Gasteiger partial charge in [-0.3, -0.25) is 4.79 Å². The molecule has 1 aromatic rings. The van der Waals surface area contributed by atoms with E-state index in [0.29, 0.717) is 25.1 Å². The number of carbonyl (C=O) groups excluding carboxylic acids is 1. The average Bonchev–Trinajstić information content (AvgIpc) is 2.28. The molecule has 0 saturated heterocycles. The van der Waals surface area contributed by atoms with Gasteiger partial charge in [-0.15, -0.1) is 13.2 Å². The molecule has 0 aromatic heterocycles. The minimum atomic E-state index is -0.509. The summed E-state index contributed by atoms with van der Waals surface area (Å²) in [4.78, 5) is 12.7. The monoisotopic (exact) mass is 219 g/mol. The van der Waals surface area contributed by atoms with Crippen molar-refractivity contribution in [1.29, 1.82) is 0 Å². The second-order valence-electron chi connectivity index (χ2n) is 3.27. The van der Waals surface area contributed by atoms with Crippen molar-refractivity contribution in [1.82, 2.24) is 0 Å². The fourth-order valence-electron chi connectivity index (χ4n) is 1.50. The smallest absolute Gasteiger partial charge is 0.155 e. The van der Waals surface area contributed by atoms with Gasteiger partial charge in [-0.1, -0.05) is 18.2 Å². The van der Waals surface area contributed by atoms with Gasteiger partial charge in [0.1, 0.15) is 5.82 Å². The molecule has 0 radical (unpaired) electrons. The largest absolute Gasteiger partial charge is 0.363 e. The molecular weight excluding hydrogens is 205 g/mol. The molecule has 0 saturated carbocycles. The SMILES string of the molecule is C=CCN(CC=C)c1cccc(F)c1C=O. The summed E-state index contributed by atoms with van der Waals surface area (Å²) in [6.45, 7) is 8.33. The topological polar surface area (TPSA) is 20.3 Å². The first-order valence-electron chi connectivity index (χ1n) is 4.95. The maximum Gasteiger partial charge on any atom is 0.155 e. The van der Waals surface area contributed by atoms with E-state index < -0.39 is 5.82 Å². The number of hydrogen-bond acceptors (Lipinski definition) is 2. The third kappa shape index (κ3) is 2.57. The van der Waals surface area contributed by atoms with Crippen LogP contribution in [-0.4, -0.2) is 19.4 Å². The van der Waals surface area contributed by atoms with Crippen LogP contribution in [0, 0.1) is 5.82 Å². The molecule has 84 valence electrons. The molecular formula is C13H14FNO. The van der Waals surface area contributed by atoms with E-state index in [2.05, 4.69) is 13.2 Å². The lowest BCUT2D eigenvalue weighted by molar-refractivity contribution is 0.112. The Morgan fingerprint density at radius 3 is 2.38 bits per heavy atom. The van der Waals surface area contributed by atoms with Crippen molar-refractivity contribution in [3.63, 3.8) is 0 Å². The highest BCUT2D eigenvalue weighted by atomic mass is 19.1. The fraction of sp³-hybridized carbons (Fsp3) is 0.154.